The standard InChI is InChI=1S/C20H24N4O4/c1-9(2)27-15-8-13-12(7-14(15)18(21)25)5-6-22-19(13)24-10(3)16-17(11(24)4)28-20(26)23-16/h5-11,16-17H,1-4H3,(H2,21,25)(H,23,26)/t10?,11?,16-,17+/m1/s1. The Labute approximate surface area is 163 Å². The normalized spacial score (nSPS) is 26.3. The maximum absolute atomic E-state index is 11.9. The summed E-state index contributed by atoms with van der Waals surface area (Å²) in [5.74, 6) is 0.660. The Morgan fingerprint density at radius 1 is 1.32 bits per heavy atom. The van der Waals surface area contributed by atoms with Gasteiger partial charge in [-0.3, -0.25) is 4.79 Å². The molecule has 8 heteroatoms. The predicted octanol–water partition coefficient (Wildman–Crippen LogP) is 2.19. The Hall–Kier alpha value is -3.03. The van der Waals surface area contributed by atoms with Crippen molar-refractivity contribution in [3.05, 3.63) is 30.0 Å². The van der Waals surface area contributed by atoms with E-state index in [9.17, 15) is 9.59 Å². The Balaban J connectivity index is 1.84. The molecule has 3 heterocycles. The number of hydrogen-bond donors (Lipinski definition) is 2. The van der Waals surface area contributed by atoms with Crippen LogP contribution in [0.25, 0.3) is 10.8 Å². The lowest BCUT2D eigenvalue weighted by atomic mass is 10.1. The third-order valence-electron chi connectivity index (χ3n) is 5.47. The molecule has 148 valence electrons. The molecule has 0 bridgehead atoms. The Morgan fingerprint density at radius 2 is 2.07 bits per heavy atom. The molecular formula is C20H24N4O4. The van der Waals surface area contributed by atoms with Crippen molar-refractivity contribution in [3.63, 3.8) is 0 Å². The minimum Gasteiger partial charge on any atom is -0.490 e. The molecule has 0 aliphatic carbocycles. The van der Waals surface area contributed by atoms with E-state index in [1.165, 1.54) is 0 Å². The van der Waals surface area contributed by atoms with Crippen molar-refractivity contribution in [2.24, 2.45) is 5.73 Å². The highest BCUT2D eigenvalue weighted by Crippen LogP contribution is 2.39. The second-order valence-corrected chi connectivity index (χ2v) is 7.66. The first-order valence-electron chi connectivity index (χ1n) is 9.42. The van der Waals surface area contributed by atoms with Crippen LogP contribution < -0.4 is 20.7 Å². The van der Waals surface area contributed by atoms with Crippen LogP contribution in [0.1, 0.15) is 38.1 Å². The van der Waals surface area contributed by atoms with Crippen molar-refractivity contribution >= 4 is 28.6 Å². The van der Waals surface area contributed by atoms with Crippen molar-refractivity contribution in [3.8, 4) is 5.75 Å². The summed E-state index contributed by atoms with van der Waals surface area (Å²) in [6.07, 6.45) is 0.982. The number of rotatable bonds is 4. The van der Waals surface area contributed by atoms with E-state index in [0.29, 0.717) is 11.3 Å². The van der Waals surface area contributed by atoms with Gasteiger partial charge in [0.25, 0.3) is 5.91 Å². The van der Waals surface area contributed by atoms with Gasteiger partial charge in [0.15, 0.2) is 0 Å². The maximum atomic E-state index is 11.9. The number of alkyl carbamates (subject to hydrolysis) is 1. The van der Waals surface area contributed by atoms with Gasteiger partial charge < -0.3 is 25.4 Å². The van der Waals surface area contributed by atoms with Gasteiger partial charge in [0, 0.05) is 11.6 Å². The molecule has 2 saturated heterocycles. The van der Waals surface area contributed by atoms with Gasteiger partial charge in [-0.15, -0.1) is 0 Å². The van der Waals surface area contributed by atoms with Gasteiger partial charge >= 0.3 is 6.09 Å². The van der Waals surface area contributed by atoms with Crippen LogP contribution in [0.15, 0.2) is 24.4 Å². The average Bonchev–Trinajstić information content (AvgIpc) is 3.11. The number of nitrogens with two attached hydrogens (primary N) is 1. The molecule has 2 aliphatic heterocycles. The molecular weight excluding hydrogens is 360 g/mol. The highest BCUT2D eigenvalue weighted by molar-refractivity contribution is 6.03. The predicted molar refractivity (Wildman–Crippen MR) is 105 cm³/mol. The number of nitrogens with zero attached hydrogens (tertiary/aromatic N) is 2. The van der Waals surface area contributed by atoms with Gasteiger partial charge in [0.2, 0.25) is 0 Å². The molecule has 8 nitrogen and oxygen atoms in total. The second kappa shape index (κ2) is 6.54. The zero-order valence-electron chi connectivity index (χ0n) is 16.3. The fraction of sp³-hybridized carbons (Fsp3) is 0.450. The minimum absolute atomic E-state index is 0.00478. The molecule has 2 aliphatic rings. The molecule has 2 unspecified atom stereocenters. The summed E-state index contributed by atoms with van der Waals surface area (Å²) < 4.78 is 11.3. The van der Waals surface area contributed by atoms with Crippen LogP contribution >= 0.6 is 0 Å². The Bertz CT molecular complexity index is 941. The first-order chi connectivity index (χ1) is 13.3. The number of primary amides is 1. The number of benzene rings is 1. The summed E-state index contributed by atoms with van der Waals surface area (Å²) >= 11 is 0. The monoisotopic (exact) mass is 384 g/mol. The van der Waals surface area contributed by atoms with Crippen molar-refractivity contribution in [2.45, 2.75) is 58.0 Å². The molecule has 2 amide bonds. The van der Waals surface area contributed by atoms with Crippen LogP contribution in [0.5, 0.6) is 5.75 Å². The van der Waals surface area contributed by atoms with Crippen molar-refractivity contribution in [1.82, 2.24) is 10.3 Å². The third kappa shape index (κ3) is 2.80. The second-order valence-electron chi connectivity index (χ2n) is 7.66. The van der Waals surface area contributed by atoms with Gasteiger partial charge in [-0.25, -0.2) is 9.78 Å². The quantitative estimate of drug-likeness (QED) is 0.837. The van der Waals surface area contributed by atoms with Gasteiger partial charge in [-0.1, -0.05) is 0 Å². The number of hydrogen-bond acceptors (Lipinski definition) is 6. The summed E-state index contributed by atoms with van der Waals surface area (Å²) in [4.78, 5) is 30.3. The fourth-order valence-corrected chi connectivity index (χ4v) is 4.27. The van der Waals surface area contributed by atoms with E-state index in [1.807, 2.05) is 39.8 Å². The van der Waals surface area contributed by atoms with E-state index < -0.39 is 5.91 Å². The lowest BCUT2D eigenvalue weighted by molar-refractivity contribution is 0.0994. The Morgan fingerprint density at radius 3 is 2.71 bits per heavy atom. The summed E-state index contributed by atoms with van der Waals surface area (Å²) in [7, 11) is 0. The van der Waals surface area contributed by atoms with Crippen LogP contribution in [-0.4, -0.2) is 47.3 Å². The summed E-state index contributed by atoms with van der Waals surface area (Å²) in [6.45, 7) is 7.85. The number of amides is 2. The molecule has 1 aromatic carbocycles. The highest BCUT2D eigenvalue weighted by atomic mass is 16.6. The van der Waals surface area contributed by atoms with Crippen LogP contribution in [0.4, 0.5) is 10.6 Å². The number of fused-ring (bicyclic) bond motifs is 2. The largest absolute Gasteiger partial charge is 0.490 e. The zero-order valence-corrected chi connectivity index (χ0v) is 16.3. The average molecular weight is 384 g/mol. The molecule has 4 rings (SSSR count). The number of anilines is 1. The van der Waals surface area contributed by atoms with E-state index in [0.717, 1.165) is 16.6 Å². The molecule has 1 aromatic heterocycles. The van der Waals surface area contributed by atoms with Crippen LogP contribution in [-0.2, 0) is 4.74 Å². The first kappa shape index (κ1) is 18.3. The topological polar surface area (TPSA) is 107 Å². The van der Waals surface area contributed by atoms with Crippen LogP contribution in [0.2, 0.25) is 0 Å². The van der Waals surface area contributed by atoms with Gasteiger partial charge in [-0.05, 0) is 51.3 Å². The highest BCUT2D eigenvalue weighted by Gasteiger charge is 2.52. The molecule has 3 N–H and O–H groups in total. The van der Waals surface area contributed by atoms with Crippen LogP contribution in [0, 0.1) is 0 Å². The molecule has 0 radical (unpaired) electrons. The number of carbonyl (C=O) groups is 2. The number of pyridine rings is 1. The molecule has 2 aromatic rings. The van der Waals surface area contributed by atoms with Gasteiger partial charge in [-0.2, -0.15) is 0 Å². The van der Waals surface area contributed by atoms with Crippen molar-refractivity contribution in [2.75, 3.05) is 4.90 Å². The Kier molecular flexibility index (Phi) is 4.28. The number of nitrogens with one attached hydrogen (secondary N) is 1. The zero-order chi connectivity index (χ0) is 20.2. The summed E-state index contributed by atoms with van der Waals surface area (Å²) in [5, 5.41) is 4.59. The van der Waals surface area contributed by atoms with Gasteiger partial charge in [0.1, 0.15) is 17.7 Å². The number of aromatic nitrogens is 1. The number of carbonyl (C=O) groups excluding carboxylic acids is 2. The number of ether oxygens (including phenoxy) is 2. The molecule has 0 spiro atoms. The van der Waals surface area contributed by atoms with Crippen LogP contribution in [0.3, 0.4) is 0 Å². The minimum atomic E-state index is -0.538. The molecule has 0 saturated carbocycles. The summed E-state index contributed by atoms with van der Waals surface area (Å²) in [5.41, 5.74) is 5.90. The fourth-order valence-electron chi connectivity index (χ4n) is 4.27. The van der Waals surface area contributed by atoms with E-state index >= 15 is 0 Å². The lowest BCUT2D eigenvalue weighted by Crippen LogP contribution is -2.42. The summed E-state index contributed by atoms with van der Waals surface area (Å²) in [6, 6.07) is 5.25. The smallest absolute Gasteiger partial charge is 0.407 e. The molecule has 28 heavy (non-hydrogen) atoms. The van der Waals surface area contributed by atoms with E-state index in [1.54, 1.807) is 12.3 Å². The molecule has 4 atom stereocenters. The van der Waals surface area contributed by atoms with Crippen molar-refractivity contribution < 1.29 is 19.1 Å². The van der Waals surface area contributed by atoms with Gasteiger partial charge in [0.05, 0.1) is 29.8 Å². The maximum Gasteiger partial charge on any atom is 0.407 e. The van der Waals surface area contributed by atoms with E-state index in [4.69, 9.17) is 15.2 Å². The first-order valence-corrected chi connectivity index (χ1v) is 9.42. The van der Waals surface area contributed by atoms with E-state index in [2.05, 4.69) is 15.2 Å². The molecule has 2 fully saturated rings. The SMILES string of the molecule is CC(C)Oc1cc2c(N3C(C)[C@H]4NC(=O)O[C@H]4C3C)nccc2cc1C(N)=O. The van der Waals surface area contributed by atoms with E-state index in [-0.39, 0.29) is 36.4 Å². The lowest BCUT2D eigenvalue weighted by Gasteiger charge is -2.30. The van der Waals surface area contributed by atoms with Crippen molar-refractivity contribution in [1.29, 1.82) is 0 Å². The third-order valence-corrected chi connectivity index (χ3v) is 5.47.